The minimum absolute atomic E-state index is 0.953. The monoisotopic (exact) mass is 184 g/mol. The van der Waals surface area contributed by atoms with E-state index < -0.39 is 0 Å². The largest absolute Gasteiger partial charge is 0.210 e. The van der Waals surface area contributed by atoms with Gasteiger partial charge >= 0.3 is 0 Å². The molecular formula is C13H14N+. The van der Waals surface area contributed by atoms with Crippen molar-refractivity contribution in [3.8, 4) is 0 Å². The van der Waals surface area contributed by atoms with Crippen molar-refractivity contribution in [3.05, 3.63) is 60.5 Å². The van der Waals surface area contributed by atoms with E-state index in [0.29, 0.717) is 0 Å². The summed E-state index contributed by atoms with van der Waals surface area (Å²) in [6, 6.07) is 0. The third-order valence-electron chi connectivity index (χ3n) is 2.29. The second kappa shape index (κ2) is 3.62. The Morgan fingerprint density at radius 2 is 1.86 bits per heavy atom. The molecule has 0 N–H and O–H groups in total. The lowest BCUT2D eigenvalue weighted by atomic mass is 10.1. The SMILES string of the molecule is C=C1C=C([N+]2=CC(=C)CC=C2)C=CC1. The Labute approximate surface area is 84.8 Å². The van der Waals surface area contributed by atoms with Gasteiger partial charge in [0, 0.05) is 24.1 Å². The van der Waals surface area contributed by atoms with E-state index in [4.69, 9.17) is 0 Å². The van der Waals surface area contributed by atoms with Crippen molar-refractivity contribution in [3.63, 3.8) is 0 Å². The number of hydrogen-bond acceptors (Lipinski definition) is 0. The predicted molar refractivity (Wildman–Crippen MR) is 60.2 cm³/mol. The molecule has 0 fully saturated rings. The van der Waals surface area contributed by atoms with Crippen molar-refractivity contribution in [1.29, 1.82) is 0 Å². The van der Waals surface area contributed by atoms with Gasteiger partial charge in [-0.05, 0) is 18.1 Å². The Balaban J connectivity index is 2.31. The van der Waals surface area contributed by atoms with Gasteiger partial charge in [0.15, 0.2) is 12.4 Å². The summed E-state index contributed by atoms with van der Waals surface area (Å²) in [6.07, 6.45) is 14.5. The molecule has 70 valence electrons. The number of rotatable bonds is 1. The normalized spacial score (nSPS) is 20.9. The van der Waals surface area contributed by atoms with Crippen LogP contribution in [-0.4, -0.2) is 10.8 Å². The molecule has 1 nitrogen and oxygen atoms in total. The van der Waals surface area contributed by atoms with Crippen LogP contribution in [0.4, 0.5) is 0 Å². The Bertz CT molecular complexity index is 363. The molecule has 14 heavy (non-hydrogen) atoms. The Morgan fingerprint density at radius 1 is 1.07 bits per heavy atom. The van der Waals surface area contributed by atoms with E-state index >= 15 is 0 Å². The summed E-state index contributed by atoms with van der Waals surface area (Å²) >= 11 is 0. The summed E-state index contributed by atoms with van der Waals surface area (Å²) in [6.45, 7) is 7.92. The highest BCUT2D eigenvalue weighted by Crippen LogP contribution is 2.16. The van der Waals surface area contributed by atoms with E-state index in [1.807, 2.05) is 0 Å². The highest BCUT2D eigenvalue weighted by Gasteiger charge is 2.13. The first-order chi connectivity index (χ1) is 6.75. The molecule has 0 unspecified atom stereocenters. The lowest BCUT2D eigenvalue weighted by molar-refractivity contribution is -0.390. The van der Waals surface area contributed by atoms with Crippen molar-refractivity contribution in [2.75, 3.05) is 0 Å². The summed E-state index contributed by atoms with van der Waals surface area (Å²) in [5.74, 6) is 0. The van der Waals surface area contributed by atoms with Crippen LogP contribution in [0.5, 0.6) is 0 Å². The minimum atomic E-state index is 0.953. The molecule has 0 aromatic carbocycles. The standard InChI is InChI=1S/C13H14N/c1-11-5-3-7-13(9-11)14-8-4-6-12(2)10-14/h3-4,7-10H,1-2,5-6H2/q+1. The molecule has 0 saturated carbocycles. The molecule has 0 aromatic heterocycles. The summed E-state index contributed by atoms with van der Waals surface area (Å²) in [7, 11) is 0. The van der Waals surface area contributed by atoms with E-state index in [-0.39, 0.29) is 0 Å². The molecular weight excluding hydrogens is 170 g/mol. The zero-order valence-electron chi connectivity index (χ0n) is 8.24. The zero-order chi connectivity index (χ0) is 9.97. The smallest absolute Gasteiger partial charge is 0.167 e. The van der Waals surface area contributed by atoms with Crippen LogP contribution in [0.3, 0.4) is 0 Å². The van der Waals surface area contributed by atoms with E-state index in [0.717, 1.165) is 24.0 Å². The molecule has 0 atom stereocenters. The molecule has 0 aromatic rings. The van der Waals surface area contributed by atoms with Crippen molar-refractivity contribution in [1.82, 2.24) is 0 Å². The van der Waals surface area contributed by atoms with Gasteiger partial charge in [0.05, 0.1) is 0 Å². The van der Waals surface area contributed by atoms with Crippen LogP contribution < -0.4 is 0 Å². The van der Waals surface area contributed by atoms with Crippen molar-refractivity contribution < 1.29 is 4.58 Å². The third kappa shape index (κ3) is 1.82. The summed E-state index contributed by atoms with van der Waals surface area (Å²) < 4.78 is 2.09. The van der Waals surface area contributed by atoms with Crippen LogP contribution in [0, 0.1) is 0 Å². The third-order valence-corrected chi connectivity index (χ3v) is 2.29. The summed E-state index contributed by atoms with van der Waals surface area (Å²) in [5.41, 5.74) is 3.46. The predicted octanol–water partition coefficient (Wildman–Crippen LogP) is 2.94. The fourth-order valence-corrected chi connectivity index (χ4v) is 1.58. The molecule has 2 aliphatic rings. The lowest BCUT2D eigenvalue weighted by Gasteiger charge is -2.07. The van der Waals surface area contributed by atoms with E-state index in [1.165, 1.54) is 5.70 Å². The van der Waals surface area contributed by atoms with Crippen molar-refractivity contribution >= 4 is 6.21 Å². The average Bonchev–Trinajstić information content (AvgIpc) is 2.18. The van der Waals surface area contributed by atoms with Gasteiger partial charge in [0.2, 0.25) is 5.70 Å². The van der Waals surface area contributed by atoms with Gasteiger partial charge in [-0.3, -0.25) is 0 Å². The second-order valence-corrected chi connectivity index (χ2v) is 3.62. The maximum Gasteiger partial charge on any atom is 0.210 e. The fraction of sp³-hybridized carbons (Fsp3) is 0.154. The quantitative estimate of drug-likeness (QED) is 0.551. The molecule has 0 amide bonds. The Morgan fingerprint density at radius 3 is 2.57 bits per heavy atom. The maximum atomic E-state index is 3.96. The van der Waals surface area contributed by atoms with E-state index in [2.05, 4.69) is 54.5 Å². The number of allylic oxidation sites excluding steroid dienone is 6. The summed E-state index contributed by atoms with van der Waals surface area (Å²) in [5, 5.41) is 0. The van der Waals surface area contributed by atoms with Gasteiger partial charge in [0.1, 0.15) is 0 Å². The topological polar surface area (TPSA) is 3.01 Å². The molecule has 1 heteroatoms. The van der Waals surface area contributed by atoms with Gasteiger partial charge in [-0.2, -0.15) is 4.58 Å². The van der Waals surface area contributed by atoms with Crippen LogP contribution in [0.1, 0.15) is 12.8 Å². The van der Waals surface area contributed by atoms with Gasteiger partial charge in [-0.15, -0.1) is 0 Å². The van der Waals surface area contributed by atoms with Crippen molar-refractivity contribution in [2.24, 2.45) is 0 Å². The van der Waals surface area contributed by atoms with Crippen LogP contribution in [0.2, 0.25) is 0 Å². The molecule has 1 heterocycles. The van der Waals surface area contributed by atoms with Crippen LogP contribution in [0.25, 0.3) is 0 Å². The first kappa shape index (κ1) is 8.95. The van der Waals surface area contributed by atoms with Gasteiger partial charge in [-0.1, -0.05) is 19.2 Å². The average molecular weight is 184 g/mol. The molecule has 0 spiro atoms. The number of hydrogen-bond donors (Lipinski definition) is 0. The zero-order valence-corrected chi connectivity index (χ0v) is 8.24. The molecule has 1 aliphatic heterocycles. The molecule has 0 radical (unpaired) electrons. The first-order valence-electron chi connectivity index (χ1n) is 4.79. The first-order valence-corrected chi connectivity index (χ1v) is 4.79. The fourth-order valence-electron chi connectivity index (χ4n) is 1.58. The van der Waals surface area contributed by atoms with Crippen molar-refractivity contribution in [2.45, 2.75) is 12.8 Å². The highest BCUT2D eigenvalue weighted by atomic mass is 15.0. The lowest BCUT2D eigenvalue weighted by Crippen LogP contribution is -2.10. The Kier molecular flexibility index (Phi) is 2.32. The molecule has 0 bridgehead atoms. The minimum Gasteiger partial charge on any atom is -0.167 e. The van der Waals surface area contributed by atoms with Crippen LogP contribution >= 0.6 is 0 Å². The second-order valence-electron chi connectivity index (χ2n) is 3.62. The Hall–Kier alpha value is -1.63. The summed E-state index contributed by atoms with van der Waals surface area (Å²) in [4.78, 5) is 0. The highest BCUT2D eigenvalue weighted by molar-refractivity contribution is 5.75. The maximum absolute atomic E-state index is 3.96. The van der Waals surface area contributed by atoms with E-state index in [9.17, 15) is 0 Å². The van der Waals surface area contributed by atoms with Gasteiger partial charge < -0.3 is 0 Å². The molecule has 1 aliphatic carbocycles. The number of nitrogens with zero attached hydrogens (tertiary/aromatic N) is 1. The van der Waals surface area contributed by atoms with Crippen LogP contribution in [-0.2, 0) is 0 Å². The molecule has 0 saturated heterocycles. The van der Waals surface area contributed by atoms with Crippen LogP contribution in [0.15, 0.2) is 60.5 Å². The van der Waals surface area contributed by atoms with Gasteiger partial charge in [-0.25, -0.2) is 0 Å². The molecule has 2 rings (SSSR count). The van der Waals surface area contributed by atoms with Gasteiger partial charge in [0.25, 0.3) is 0 Å². The van der Waals surface area contributed by atoms with E-state index in [1.54, 1.807) is 0 Å².